The van der Waals surface area contributed by atoms with Crippen molar-refractivity contribution in [3.63, 3.8) is 0 Å². The standard InChI is InChI=1S/C29H46O4/c1-4-5-6-7-8-9-10-11-12-13-14-18-21-27(31-22-26-19-16-15-17-20-26)23-30-24-28-25-32-29(2,3)33-28/h15-17,19-20,27-28H,4-13,21-25H2,1-3H3. The molecule has 0 N–H and O–H groups in total. The van der Waals surface area contributed by atoms with Crippen LogP contribution < -0.4 is 0 Å². The molecule has 2 atom stereocenters. The van der Waals surface area contributed by atoms with Gasteiger partial charge in [-0.1, -0.05) is 88.6 Å². The number of unbranched alkanes of at least 4 members (excludes halogenated alkanes) is 9. The summed E-state index contributed by atoms with van der Waals surface area (Å²) in [6.45, 7) is 8.31. The van der Waals surface area contributed by atoms with E-state index in [4.69, 9.17) is 18.9 Å². The Morgan fingerprint density at radius 1 is 0.970 bits per heavy atom. The lowest BCUT2D eigenvalue weighted by molar-refractivity contribution is -0.147. The van der Waals surface area contributed by atoms with Crippen LogP contribution in [0.2, 0.25) is 0 Å². The zero-order valence-electron chi connectivity index (χ0n) is 21.3. The quantitative estimate of drug-likeness (QED) is 0.185. The highest BCUT2D eigenvalue weighted by Crippen LogP contribution is 2.22. The van der Waals surface area contributed by atoms with Gasteiger partial charge in [0, 0.05) is 12.8 Å². The summed E-state index contributed by atoms with van der Waals surface area (Å²) in [5.41, 5.74) is 1.17. The maximum Gasteiger partial charge on any atom is 0.163 e. The Balaban J connectivity index is 1.63. The molecule has 1 aromatic carbocycles. The highest BCUT2D eigenvalue weighted by molar-refractivity contribution is 5.13. The predicted molar refractivity (Wildman–Crippen MR) is 135 cm³/mol. The third-order valence-corrected chi connectivity index (χ3v) is 5.86. The summed E-state index contributed by atoms with van der Waals surface area (Å²) in [6.07, 6.45) is 13.7. The fourth-order valence-electron chi connectivity index (χ4n) is 3.93. The molecule has 0 radical (unpaired) electrons. The summed E-state index contributed by atoms with van der Waals surface area (Å²) in [5.74, 6) is 6.16. The van der Waals surface area contributed by atoms with Crippen molar-refractivity contribution in [2.75, 3.05) is 19.8 Å². The van der Waals surface area contributed by atoms with Crippen molar-refractivity contribution in [1.82, 2.24) is 0 Å². The Morgan fingerprint density at radius 3 is 2.33 bits per heavy atom. The first-order chi connectivity index (χ1) is 16.1. The minimum Gasteiger partial charge on any atom is -0.376 e. The Kier molecular flexibility index (Phi) is 14.4. The van der Waals surface area contributed by atoms with E-state index in [0.717, 1.165) is 6.42 Å². The number of hydrogen-bond donors (Lipinski definition) is 0. The molecular weight excluding hydrogens is 412 g/mol. The summed E-state index contributed by atoms with van der Waals surface area (Å²) in [5, 5.41) is 0. The van der Waals surface area contributed by atoms with E-state index in [1.807, 2.05) is 32.0 Å². The third-order valence-electron chi connectivity index (χ3n) is 5.86. The Bertz CT molecular complexity index is 661. The van der Waals surface area contributed by atoms with Gasteiger partial charge in [-0.2, -0.15) is 0 Å². The summed E-state index contributed by atoms with van der Waals surface area (Å²) in [6, 6.07) is 10.3. The molecule has 2 rings (SSSR count). The fourth-order valence-corrected chi connectivity index (χ4v) is 3.93. The second-order valence-corrected chi connectivity index (χ2v) is 9.54. The largest absolute Gasteiger partial charge is 0.376 e. The maximum atomic E-state index is 6.13. The number of benzene rings is 1. The molecular formula is C29H46O4. The molecule has 0 saturated carbocycles. The van der Waals surface area contributed by atoms with Crippen LogP contribution in [0.3, 0.4) is 0 Å². The molecule has 0 amide bonds. The number of ether oxygens (including phenoxy) is 4. The highest BCUT2D eigenvalue weighted by Gasteiger charge is 2.32. The van der Waals surface area contributed by atoms with Crippen molar-refractivity contribution in [2.24, 2.45) is 0 Å². The van der Waals surface area contributed by atoms with Crippen molar-refractivity contribution in [2.45, 2.75) is 116 Å². The van der Waals surface area contributed by atoms with Gasteiger partial charge in [-0.15, -0.1) is 11.8 Å². The maximum absolute atomic E-state index is 6.13. The van der Waals surface area contributed by atoms with Gasteiger partial charge in [0.1, 0.15) is 6.10 Å². The third kappa shape index (κ3) is 13.8. The van der Waals surface area contributed by atoms with Crippen molar-refractivity contribution < 1.29 is 18.9 Å². The monoisotopic (exact) mass is 458 g/mol. The van der Waals surface area contributed by atoms with E-state index in [1.165, 1.54) is 63.4 Å². The van der Waals surface area contributed by atoms with Crippen LogP contribution in [0, 0.1) is 11.8 Å². The molecule has 1 aliphatic heterocycles. The minimum absolute atomic E-state index is 0.0208. The lowest BCUT2D eigenvalue weighted by Crippen LogP contribution is -2.26. The molecule has 2 unspecified atom stereocenters. The molecule has 4 heteroatoms. The molecule has 1 heterocycles. The van der Waals surface area contributed by atoms with Gasteiger partial charge in [0.2, 0.25) is 0 Å². The Morgan fingerprint density at radius 2 is 1.67 bits per heavy atom. The molecule has 0 bridgehead atoms. The Labute approximate surface area is 202 Å². The summed E-state index contributed by atoms with van der Waals surface area (Å²) >= 11 is 0. The molecule has 33 heavy (non-hydrogen) atoms. The predicted octanol–water partition coefficient (Wildman–Crippen LogP) is 7.05. The van der Waals surface area contributed by atoms with Gasteiger partial charge < -0.3 is 18.9 Å². The van der Waals surface area contributed by atoms with Crippen LogP contribution in [-0.4, -0.2) is 37.8 Å². The Hall–Kier alpha value is -1.38. The van der Waals surface area contributed by atoms with E-state index in [0.29, 0.717) is 32.8 Å². The molecule has 0 aromatic heterocycles. The van der Waals surface area contributed by atoms with Crippen molar-refractivity contribution in [3.05, 3.63) is 35.9 Å². The summed E-state index contributed by atoms with van der Waals surface area (Å²) in [4.78, 5) is 0. The second-order valence-electron chi connectivity index (χ2n) is 9.54. The highest BCUT2D eigenvalue weighted by atomic mass is 16.7. The van der Waals surface area contributed by atoms with Crippen LogP contribution in [-0.2, 0) is 25.6 Å². The van der Waals surface area contributed by atoms with E-state index >= 15 is 0 Å². The van der Waals surface area contributed by atoms with Crippen LogP contribution >= 0.6 is 0 Å². The summed E-state index contributed by atoms with van der Waals surface area (Å²) in [7, 11) is 0. The zero-order valence-corrected chi connectivity index (χ0v) is 21.3. The first kappa shape index (κ1) is 27.9. The number of rotatable bonds is 17. The molecule has 1 fully saturated rings. The lowest BCUT2D eigenvalue weighted by atomic mass is 10.1. The van der Waals surface area contributed by atoms with Crippen molar-refractivity contribution in [1.29, 1.82) is 0 Å². The number of hydrogen-bond acceptors (Lipinski definition) is 4. The van der Waals surface area contributed by atoms with Crippen LogP contribution in [0.5, 0.6) is 0 Å². The average Bonchev–Trinajstić information content (AvgIpc) is 3.16. The van der Waals surface area contributed by atoms with E-state index in [-0.39, 0.29) is 12.2 Å². The smallest absolute Gasteiger partial charge is 0.163 e. The fraction of sp³-hybridized carbons (Fsp3) is 0.724. The molecule has 1 aromatic rings. The van der Waals surface area contributed by atoms with Gasteiger partial charge in [0.15, 0.2) is 5.79 Å². The van der Waals surface area contributed by atoms with E-state index in [9.17, 15) is 0 Å². The van der Waals surface area contributed by atoms with E-state index < -0.39 is 5.79 Å². The van der Waals surface area contributed by atoms with Gasteiger partial charge >= 0.3 is 0 Å². The van der Waals surface area contributed by atoms with Gasteiger partial charge in [0.05, 0.1) is 32.5 Å². The molecule has 1 saturated heterocycles. The molecule has 0 spiro atoms. The summed E-state index contributed by atoms with van der Waals surface area (Å²) < 4.78 is 23.5. The van der Waals surface area contributed by atoms with Gasteiger partial charge in [0.25, 0.3) is 0 Å². The van der Waals surface area contributed by atoms with Gasteiger partial charge in [-0.3, -0.25) is 0 Å². The normalized spacial score (nSPS) is 18.1. The topological polar surface area (TPSA) is 36.9 Å². The minimum atomic E-state index is -0.516. The van der Waals surface area contributed by atoms with Crippen LogP contribution in [0.4, 0.5) is 0 Å². The first-order valence-corrected chi connectivity index (χ1v) is 13.1. The first-order valence-electron chi connectivity index (χ1n) is 13.1. The van der Waals surface area contributed by atoms with Crippen LogP contribution in [0.25, 0.3) is 0 Å². The van der Waals surface area contributed by atoms with Crippen LogP contribution in [0.15, 0.2) is 30.3 Å². The molecule has 4 nitrogen and oxygen atoms in total. The average molecular weight is 459 g/mol. The van der Waals surface area contributed by atoms with Gasteiger partial charge in [-0.25, -0.2) is 0 Å². The lowest BCUT2D eigenvalue weighted by Gasteiger charge is -2.19. The van der Waals surface area contributed by atoms with Crippen molar-refractivity contribution in [3.8, 4) is 11.8 Å². The second kappa shape index (κ2) is 17.1. The SMILES string of the molecule is CCCCCCCCCCCC#CCC(COCC1COC(C)(C)O1)OCc1ccccc1. The molecule has 1 aliphatic rings. The molecule has 186 valence electrons. The van der Waals surface area contributed by atoms with Crippen LogP contribution in [0.1, 0.15) is 97.0 Å². The van der Waals surface area contributed by atoms with E-state index in [2.05, 4.69) is 30.9 Å². The van der Waals surface area contributed by atoms with Gasteiger partial charge in [-0.05, 0) is 25.8 Å². The van der Waals surface area contributed by atoms with E-state index in [1.54, 1.807) is 0 Å². The zero-order chi connectivity index (χ0) is 23.6. The molecule has 0 aliphatic carbocycles. The van der Waals surface area contributed by atoms with Crippen molar-refractivity contribution >= 4 is 0 Å².